The molecule has 0 spiro atoms. The lowest BCUT2D eigenvalue weighted by Crippen LogP contribution is -2.43. The molecule has 1 aliphatic heterocycles. The van der Waals surface area contributed by atoms with Crippen LogP contribution in [0.4, 0.5) is 0 Å². The standard InChI is InChI=1S/C25H32N2O5/c1-3-5-20-6-10-22(11-7-20)31-18-24(29)26-14-4-15-27(17-16-26)25(30)19(2)32-23-12-8-21(28)9-13-23/h6-13,19,28H,3-5,14-18H2,1-2H3. The van der Waals surface area contributed by atoms with Gasteiger partial charge in [0.15, 0.2) is 12.7 Å². The van der Waals surface area contributed by atoms with Crippen molar-refractivity contribution in [3.05, 3.63) is 54.1 Å². The number of rotatable bonds is 8. The highest BCUT2D eigenvalue weighted by Gasteiger charge is 2.26. The molecule has 0 saturated carbocycles. The zero-order valence-electron chi connectivity index (χ0n) is 18.8. The predicted octanol–water partition coefficient (Wildman–Crippen LogP) is 3.25. The predicted molar refractivity (Wildman–Crippen MR) is 122 cm³/mol. The molecule has 32 heavy (non-hydrogen) atoms. The minimum Gasteiger partial charge on any atom is -0.508 e. The van der Waals surface area contributed by atoms with E-state index in [9.17, 15) is 14.7 Å². The van der Waals surface area contributed by atoms with Crippen molar-refractivity contribution < 1.29 is 24.2 Å². The summed E-state index contributed by atoms with van der Waals surface area (Å²) in [6.07, 6.45) is 2.17. The van der Waals surface area contributed by atoms with E-state index in [1.165, 1.54) is 17.7 Å². The van der Waals surface area contributed by atoms with Crippen LogP contribution in [-0.4, -0.2) is 65.6 Å². The minimum absolute atomic E-state index is 0.0125. The number of phenolic OH excluding ortho intramolecular Hbond substituents is 1. The molecule has 1 heterocycles. The molecule has 1 unspecified atom stereocenters. The van der Waals surface area contributed by atoms with Crippen LogP contribution in [0.3, 0.4) is 0 Å². The lowest BCUT2D eigenvalue weighted by atomic mass is 10.1. The smallest absolute Gasteiger partial charge is 0.263 e. The molecule has 1 N–H and O–H groups in total. The monoisotopic (exact) mass is 440 g/mol. The summed E-state index contributed by atoms with van der Waals surface area (Å²) >= 11 is 0. The van der Waals surface area contributed by atoms with Crippen LogP contribution in [0.5, 0.6) is 17.2 Å². The van der Waals surface area contributed by atoms with Gasteiger partial charge >= 0.3 is 0 Å². The molecule has 1 atom stereocenters. The normalized spacial score (nSPS) is 15.1. The average molecular weight is 441 g/mol. The first-order valence-corrected chi connectivity index (χ1v) is 11.2. The number of carbonyl (C=O) groups excluding carboxylic acids is 2. The van der Waals surface area contributed by atoms with Crippen molar-refractivity contribution in [3.8, 4) is 17.2 Å². The Morgan fingerprint density at radius 3 is 2.25 bits per heavy atom. The van der Waals surface area contributed by atoms with Crippen LogP contribution < -0.4 is 9.47 Å². The summed E-state index contributed by atoms with van der Waals surface area (Å²) in [5.74, 6) is 1.16. The van der Waals surface area contributed by atoms with Gasteiger partial charge in [0.1, 0.15) is 17.2 Å². The molecular formula is C25H32N2O5. The molecule has 3 rings (SSSR count). The van der Waals surface area contributed by atoms with Gasteiger partial charge in [-0.3, -0.25) is 9.59 Å². The van der Waals surface area contributed by atoms with Crippen molar-refractivity contribution >= 4 is 11.8 Å². The molecule has 0 bridgehead atoms. The number of nitrogens with zero attached hydrogens (tertiary/aromatic N) is 2. The molecule has 7 heteroatoms. The third-order valence-electron chi connectivity index (χ3n) is 5.48. The number of ether oxygens (including phenoxy) is 2. The molecule has 172 valence electrons. The van der Waals surface area contributed by atoms with Crippen LogP contribution in [0.2, 0.25) is 0 Å². The second kappa shape index (κ2) is 11.4. The van der Waals surface area contributed by atoms with E-state index in [0.717, 1.165) is 12.8 Å². The Hall–Kier alpha value is -3.22. The highest BCUT2D eigenvalue weighted by molar-refractivity contribution is 5.81. The van der Waals surface area contributed by atoms with Gasteiger partial charge in [-0.1, -0.05) is 25.5 Å². The summed E-state index contributed by atoms with van der Waals surface area (Å²) in [4.78, 5) is 28.9. The van der Waals surface area contributed by atoms with Gasteiger partial charge in [0.05, 0.1) is 0 Å². The molecule has 1 fully saturated rings. The quantitative estimate of drug-likeness (QED) is 0.682. The first-order chi connectivity index (χ1) is 15.5. The fourth-order valence-corrected chi connectivity index (χ4v) is 3.70. The number of amides is 2. The molecule has 0 aromatic heterocycles. The van der Waals surface area contributed by atoms with Crippen molar-refractivity contribution in [3.63, 3.8) is 0 Å². The maximum atomic E-state index is 12.8. The van der Waals surface area contributed by atoms with E-state index in [2.05, 4.69) is 6.92 Å². The Balaban J connectivity index is 1.46. The summed E-state index contributed by atoms with van der Waals surface area (Å²) in [5.41, 5.74) is 1.26. The lowest BCUT2D eigenvalue weighted by molar-refractivity contribution is -0.138. The first-order valence-electron chi connectivity index (χ1n) is 11.2. The summed E-state index contributed by atoms with van der Waals surface area (Å²) in [7, 11) is 0. The second-order valence-electron chi connectivity index (χ2n) is 8.00. The Bertz CT molecular complexity index is 882. The SMILES string of the molecule is CCCc1ccc(OCC(=O)N2CCCN(C(=O)C(C)Oc3ccc(O)cc3)CC2)cc1. The van der Waals surface area contributed by atoms with Crippen LogP contribution in [0.1, 0.15) is 32.3 Å². The molecular weight excluding hydrogens is 408 g/mol. The largest absolute Gasteiger partial charge is 0.508 e. The number of hydrogen-bond acceptors (Lipinski definition) is 5. The van der Waals surface area contributed by atoms with E-state index < -0.39 is 6.10 Å². The number of carbonyl (C=O) groups is 2. The van der Waals surface area contributed by atoms with Crippen LogP contribution in [0, 0.1) is 0 Å². The molecule has 2 aromatic rings. The molecule has 0 radical (unpaired) electrons. The van der Waals surface area contributed by atoms with Gasteiger partial charge in [-0.15, -0.1) is 0 Å². The van der Waals surface area contributed by atoms with Crippen LogP contribution >= 0.6 is 0 Å². The van der Waals surface area contributed by atoms with Crippen molar-refractivity contribution in [1.29, 1.82) is 0 Å². The number of aryl methyl sites for hydroxylation is 1. The fraction of sp³-hybridized carbons (Fsp3) is 0.440. The van der Waals surface area contributed by atoms with Crippen LogP contribution in [-0.2, 0) is 16.0 Å². The Morgan fingerprint density at radius 2 is 1.56 bits per heavy atom. The summed E-state index contributed by atoms with van der Waals surface area (Å²) in [6, 6.07) is 14.1. The molecule has 2 aromatic carbocycles. The van der Waals surface area contributed by atoms with Gasteiger partial charge in [-0.25, -0.2) is 0 Å². The Labute approximate surface area is 189 Å². The second-order valence-corrected chi connectivity index (χ2v) is 8.00. The van der Waals surface area contributed by atoms with Crippen molar-refractivity contribution in [2.24, 2.45) is 0 Å². The molecule has 2 amide bonds. The van der Waals surface area contributed by atoms with Gasteiger partial charge in [-0.05, 0) is 61.7 Å². The highest BCUT2D eigenvalue weighted by atomic mass is 16.5. The van der Waals surface area contributed by atoms with E-state index in [1.807, 2.05) is 24.3 Å². The topological polar surface area (TPSA) is 79.3 Å². The van der Waals surface area contributed by atoms with Crippen molar-refractivity contribution in [2.45, 2.75) is 39.2 Å². The Morgan fingerprint density at radius 1 is 0.938 bits per heavy atom. The zero-order chi connectivity index (χ0) is 22.9. The fourth-order valence-electron chi connectivity index (χ4n) is 3.70. The third-order valence-corrected chi connectivity index (χ3v) is 5.48. The van der Waals surface area contributed by atoms with Crippen molar-refractivity contribution in [1.82, 2.24) is 9.80 Å². The number of benzene rings is 2. The maximum absolute atomic E-state index is 12.8. The van der Waals surface area contributed by atoms with E-state index in [0.29, 0.717) is 44.1 Å². The minimum atomic E-state index is -0.652. The summed E-state index contributed by atoms with van der Waals surface area (Å²) in [6.45, 7) is 5.93. The number of aromatic hydroxyl groups is 1. The molecule has 7 nitrogen and oxygen atoms in total. The van der Waals surface area contributed by atoms with Gasteiger partial charge < -0.3 is 24.4 Å². The number of hydrogen-bond donors (Lipinski definition) is 1. The van der Waals surface area contributed by atoms with Gasteiger partial charge in [0.2, 0.25) is 0 Å². The molecule has 0 aliphatic carbocycles. The van der Waals surface area contributed by atoms with Gasteiger partial charge in [0, 0.05) is 26.2 Å². The van der Waals surface area contributed by atoms with E-state index in [4.69, 9.17) is 9.47 Å². The van der Waals surface area contributed by atoms with Gasteiger partial charge in [0.25, 0.3) is 11.8 Å². The van der Waals surface area contributed by atoms with E-state index in [1.54, 1.807) is 28.9 Å². The lowest BCUT2D eigenvalue weighted by Gasteiger charge is -2.25. The maximum Gasteiger partial charge on any atom is 0.263 e. The number of phenols is 1. The zero-order valence-corrected chi connectivity index (χ0v) is 18.8. The van der Waals surface area contributed by atoms with Gasteiger partial charge in [-0.2, -0.15) is 0 Å². The summed E-state index contributed by atoms with van der Waals surface area (Å²) < 4.78 is 11.4. The van der Waals surface area contributed by atoms with Crippen molar-refractivity contribution in [2.75, 3.05) is 32.8 Å². The Kier molecular flexibility index (Phi) is 8.36. The summed E-state index contributed by atoms with van der Waals surface area (Å²) in [5, 5.41) is 9.37. The highest BCUT2D eigenvalue weighted by Crippen LogP contribution is 2.18. The van der Waals surface area contributed by atoms with E-state index in [-0.39, 0.29) is 24.2 Å². The van der Waals surface area contributed by atoms with E-state index >= 15 is 0 Å². The molecule has 1 saturated heterocycles. The van der Waals surface area contributed by atoms with Crippen LogP contribution in [0.25, 0.3) is 0 Å². The third kappa shape index (κ3) is 6.64. The first kappa shape index (κ1) is 23.4. The average Bonchev–Trinajstić information content (AvgIpc) is 3.06. The van der Waals surface area contributed by atoms with Crippen LogP contribution in [0.15, 0.2) is 48.5 Å². The molecule has 1 aliphatic rings.